The van der Waals surface area contributed by atoms with E-state index in [1.54, 1.807) is 31.3 Å². The van der Waals surface area contributed by atoms with Gasteiger partial charge in [0.15, 0.2) is 0 Å². The van der Waals surface area contributed by atoms with Crippen LogP contribution in [-0.4, -0.2) is 46.6 Å². The molecule has 38 heavy (non-hydrogen) atoms. The molecule has 0 bridgehead atoms. The van der Waals surface area contributed by atoms with Crippen LogP contribution in [0.25, 0.3) is 11.1 Å². The maximum Gasteiger partial charge on any atom is 0.264 e. The Morgan fingerprint density at radius 2 is 1.53 bits per heavy atom. The van der Waals surface area contributed by atoms with Crippen molar-refractivity contribution in [3.63, 3.8) is 0 Å². The van der Waals surface area contributed by atoms with Crippen LogP contribution in [0.2, 0.25) is 0 Å². The molecular weight excluding hydrogens is 494 g/mol. The highest BCUT2D eigenvalue weighted by Gasteiger charge is 2.23. The predicted octanol–water partition coefficient (Wildman–Crippen LogP) is 5.76. The van der Waals surface area contributed by atoms with Crippen LogP contribution in [0.5, 0.6) is 0 Å². The number of rotatable bonds is 10. The number of benzene rings is 3. The second-order valence-electron chi connectivity index (χ2n) is 10.5. The fourth-order valence-corrected chi connectivity index (χ4v) is 5.65. The molecule has 0 saturated carbocycles. The molecule has 3 rings (SSSR count). The van der Waals surface area contributed by atoms with Gasteiger partial charge in [-0.3, -0.25) is 9.79 Å². The molecule has 1 amide bonds. The lowest BCUT2D eigenvalue weighted by Crippen LogP contribution is -2.32. The first-order valence-electron chi connectivity index (χ1n) is 12.9. The zero-order valence-electron chi connectivity index (χ0n) is 23.4. The fraction of sp³-hybridized carbons (Fsp3) is 0.355. The van der Waals surface area contributed by atoms with Gasteiger partial charge in [-0.2, -0.15) is 0 Å². The Bertz CT molecular complexity index is 1380. The van der Waals surface area contributed by atoms with Crippen molar-refractivity contribution < 1.29 is 13.2 Å². The molecule has 0 saturated heterocycles. The van der Waals surface area contributed by atoms with Crippen LogP contribution < -0.4 is 4.72 Å². The van der Waals surface area contributed by atoms with E-state index >= 15 is 0 Å². The van der Waals surface area contributed by atoms with Crippen LogP contribution >= 0.6 is 0 Å². The summed E-state index contributed by atoms with van der Waals surface area (Å²) in [6.07, 6.45) is 1.83. The number of amides is 1. The maximum atomic E-state index is 13.1. The number of carbonyl (C=O) groups excluding carboxylic acids is 1. The first-order valence-corrected chi connectivity index (χ1v) is 14.4. The minimum Gasteiger partial charge on any atom is -0.305 e. The van der Waals surface area contributed by atoms with Crippen molar-refractivity contribution in [2.24, 2.45) is 4.99 Å². The van der Waals surface area contributed by atoms with Gasteiger partial charge in [0.1, 0.15) is 0 Å². The summed E-state index contributed by atoms with van der Waals surface area (Å²) in [5.41, 5.74) is 7.10. The summed E-state index contributed by atoms with van der Waals surface area (Å²) in [5.74, 6) is -0.261. The number of hydrogen-bond acceptors (Lipinski definition) is 5. The van der Waals surface area contributed by atoms with Gasteiger partial charge in [0.05, 0.1) is 11.3 Å². The van der Waals surface area contributed by atoms with E-state index in [9.17, 15) is 13.2 Å². The second-order valence-corrected chi connectivity index (χ2v) is 12.2. The Balaban J connectivity index is 1.96. The number of sulfonamides is 1. The number of hydrogen-bond donors (Lipinski definition) is 1. The Morgan fingerprint density at radius 3 is 2.05 bits per heavy atom. The van der Waals surface area contributed by atoms with Crippen molar-refractivity contribution in [1.29, 1.82) is 0 Å². The summed E-state index contributed by atoms with van der Waals surface area (Å²) in [7, 11) is 1.67. The van der Waals surface area contributed by atoms with Crippen molar-refractivity contribution in [2.75, 3.05) is 21.1 Å². The summed E-state index contributed by atoms with van der Waals surface area (Å²) >= 11 is 0. The zero-order valence-corrected chi connectivity index (χ0v) is 24.3. The number of carbonyl (C=O) groups is 1. The molecule has 0 heterocycles. The lowest BCUT2D eigenvalue weighted by atomic mass is 9.83. The average molecular weight is 534 g/mol. The molecule has 202 valence electrons. The highest BCUT2D eigenvalue weighted by atomic mass is 32.2. The van der Waals surface area contributed by atoms with E-state index in [-0.39, 0.29) is 23.2 Å². The second kappa shape index (κ2) is 12.5. The Kier molecular flexibility index (Phi) is 9.63. The van der Waals surface area contributed by atoms with Gasteiger partial charge in [-0.1, -0.05) is 76.2 Å². The van der Waals surface area contributed by atoms with E-state index in [4.69, 9.17) is 0 Å². The first-order chi connectivity index (χ1) is 17.9. The maximum absolute atomic E-state index is 13.1. The topological polar surface area (TPSA) is 78.8 Å². The number of nitrogens with zero attached hydrogens (tertiary/aromatic N) is 2. The van der Waals surface area contributed by atoms with Crippen molar-refractivity contribution in [3.05, 3.63) is 88.5 Å². The van der Waals surface area contributed by atoms with Crippen LogP contribution in [0, 0.1) is 0 Å². The molecule has 0 fully saturated rings. The minimum absolute atomic E-state index is 0.0166. The quantitative estimate of drug-likeness (QED) is 0.336. The summed E-state index contributed by atoms with van der Waals surface area (Å²) in [6.45, 7) is 9.08. The van der Waals surface area contributed by atoms with E-state index in [1.165, 1.54) is 0 Å². The normalized spacial score (nSPS) is 12.2. The van der Waals surface area contributed by atoms with Gasteiger partial charge in [0.2, 0.25) is 5.91 Å². The van der Waals surface area contributed by atoms with Gasteiger partial charge in [-0.25, -0.2) is 13.1 Å². The molecule has 0 aromatic heterocycles. The molecule has 0 spiro atoms. The van der Waals surface area contributed by atoms with Gasteiger partial charge in [-0.15, -0.1) is 0 Å². The molecule has 0 radical (unpaired) electrons. The third-order valence-corrected chi connectivity index (χ3v) is 7.81. The van der Waals surface area contributed by atoms with Gasteiger partial charge in [0.25, 0.3) is 10.0 Å². The predicted molar refractivity (Wildman–Crippen MR) is 156 cm³/mol. The molecule has 0 aliphatic rings. The van der Waals surface area contributed by atoms with E-state index in [2.05, 4.69) is 55.6 Å². The molecule has 1 N–H and O–H groups in total. The number of nitrogens with one attached hydrogen (secondary N) is 1. The van der Waals surface area contributed by atoms with Crippen LogP contribution in [0.15, 0.2) is 70.6 Å². The molecule has 7 heteroatoms. The highest BCUT2D eigenvalue weighted by Crippen LogP contribution is 2.35. The summed E-state index contributed by atoms with van der Waals surface area (Å²) < 4.78 is 28.3. The smallest absolute Gasteiger partial charge is 0.264 e. The Hall–Kier alpha value is -3.29. The van der Waals surface area contributed by atoms with E-state index in [0.29, 0.717) is 6.54 Å². The minimum atomic E-state index is -3.98. The van der Waals surface area contributed by atoms with Gasteiger partial charge >= 0.3 is 0 Å². The third-order valence-electron chi connectivity index (χ3n) is 6.42. The molecule has 0 aliphatic carbocycles. The van der Waals surface area contributed by atoms with Gasteiger partial charge < -0.3 is 4.90 Å². The fourth-order valence-electron chi connectivity index (χ4n) is 4.66. The molecule has 0 aliphatic heterocycles. The van der Waals surface area contributed by atoms with Crippen molar-refractivity contribution in [3.8, 4) is 11.1 Å². The largest absolute Gasteiger partial charge is 0.305 e. The average Bonchev–Trinajstić information content (AvgIpc) is 2.84. The van der Waals surface area contributed by atoms with Crippen LogP contribution in [-0.2, 0) is 27.8 Å². The summed E-state index contributed by atoms with van der Waals surface area (Å²) in [5, 5.41) is 0. The Morgan fingerprint density at radius 1 is 0.947 bits per heavy atom. The highest BCUT2D eigenvalue weighted by molar-refractivity contribution is 7.90. The zero-order chi connectivity index (χ0) is 28.0. The standard InChI is InChI=1S/C31H39N3O3S/c1-21(2)28-16-25(27-11-9-8-10-24(27)19-32-5)17-29(22(3)4)30(28)18-31(35)33-38(36,37)26-14-12-23(13-15-26)20-34(6)7/h8-17,19,21-22H,18,20H2,1-7H3,(H,33,35)/b32-19-. The van der Waals surface area contributed by atoms with Crippen molar-refractivity contribution >= 4 is 22.1 Å². The molecule has 0 atom stereocenters. The lowest BCUT2D eigenvalue weighted by molar-refractivity contribution is -0.118. The molecule has 3 aromatic rings. The van der Waals surface area contributed by atoms with Crippen LogP contribution in [0.1, 0.15) is 67.3 Å². The van der Waals surface area contributed by atoms with Gasteiger partial charge in [0, 0.05) is 25.4 Å². The van der Waals surface area contributed by atoms with E-state index < -0.39 is 15.9 Å². The Labute approximate surface area is 227 Å². The molecule has 3 aromatic carbocycles. The summed E-state index contributed by atoms with van der Waals surface area (Å²) in [6, 6.07) is 19.0. The molecule has 6 nitrogen and oxygen atoms in total. The lowest BCUT2D eigenvalue weighted by Gasteiger charge is -2.22. The SMILES string of the molecule is C/N=C\c1ccccc1-c1cc(C(C)C)c(CC(=O)NS(=O)(=O)c2ccc(CN(C)C)cc2)c(C(C)C)c1. The van der Waals surface area contributed by atoms with Crippen molar-refractivity contribution in [1.82, 2.24) is 9.62 Å². The monoisotopic (exact) mass is 533 g/mol. The number of aliphatic imine (C=N–C) groups is 1. The first kappa shape index (κ1) is 29.3. The molecular formula is C31H39N3O3S. The van der Waals surface area contributed by atoms with Crippen molar-refractivity contribution in [2.45, 2.75) is 57.4 Å². The van der Waals surface area contributed by atoms with Gasteiger partial charge in [-0.05, 0) is 71.4 Å². The van der Waals surface area contributed by atoms with E-state index in [0.717, 1.165) is 38.9 Å². The molecule has 0 unspecified atom stereocenters. The van der Waals surface area contributed by atoms with Crippen LogP contribution in [0.3, 0.4) is 0 Å². The van der Waals surface area contributed by atoms with E-state index in [1.807, 2.05) is 43.4 Å². The summed E-state index contributed by atoms with van der Waals surface area (Å²) in [4.78, 5) is 19.4. The third kappa shape index (κ3) is 7.17. The van der Waals surface area contributed by atoms with Crippen LogP contribution in [0.4, 0.5) is 0 Å².